The third-order valence-corrected chi connectivity index (χ3v) is 8.99. The van der Waals surface area contributed by atoms with Crippen molar-refractivity contribution in [3.05, 3.63) is 132 Å². The Morgan fingerprint density at radius 1 is 0.696 bits per heavy atom. The smallest absolute Gasteiger partial charge is 0.254 e. The van der Waals surface area contributed by atoms with Crippen molar-refractivity contribution in [2.75, 3.05) is 25.0 Å². The van der Waals surface area contributed by atoms with Crippen LogP contribution in [0.5, 0.6) is 0 Å². The van der Waals surface area contributed by atoms with E-state index in [0.717, 1.165) is 53.3 Å². The van der Waals surface area contributed by atoms with Gasteiger partial charge in [-0.1, -0.05) is 72.8 Å². The maximum atomic E-state index is 13.1. The zero-order chi connectivity index (χ0) is 31.5. The number of carbonyl (C=O) groups excluding carboxylic acids is 3. The van der Waals surface area contributed by atoms with Crippen LogP contribution in [-0.4, -0.2) is 57.1 Å². The minimum Gasteiger partial charge on any atom is -0.340 e. The molecule has 2 saturated heterocycles. The summed E-state index contributed by atoms with van der Waals surface area (Å²) < 4.78 is 0. The number of nitrogens with zero attached hydrogens (tertiary/aromatic N) is 3. The van der Waals surface area contributed by atoms with Crippen LogP contribution in [0.4, 0.5) is 5.69 Å². The highest BCUT2D eigenvalue weighted by Crippen LogP contribution is 2.33. The molecule has 8 heteroatoms. The molecule has 230 valence electrons. The van der Waals surface area contributed by atoms with Gasteiger partial charge in [0.1, 0.15) is 5.82 Å². The minimum atomic E-state index is -0.232. The first-order valence-corrected chi connectivity index (χ1v) is 15.8. The van der Waals surface area contributed by atoms with Gasteiger partial charge in [-0.05, 0) is 72.4 Å². The number of likely N-dealkylation sites (tertiary alicyclic amines) is 2. The molecule has 2 aliphatic heterocycles. The molecule has 2 fully saturated rings. The molecule has 2 aliphatic rings. The summed E-state index contributed by atoms with van der Waals surface area (Å²) in [7, 11) is 0. The third kappa shape index (κ3) is 6.06. The highest BCUT2D eigenvalue weighted by molar-refractivity contribution is 5.97. The van der Waals surface area contributed by atoms with Gasteiger partial charge in [0.15, 0.2) is 0 Å². The second-order valence-electron chi connectivity index (χ2n) is 12.0. The number of hydrogen-bond acceptors (Lipinski definition) is 4. The molecule has 4 aromatic carbocycles. The highest BCUT2D eigenvalue weighted by atomic mass is 16.2. The van der Waals surface area contributed by atoms with Crippen LogP contribution in [0.15, 0.2) is 115 Å². The molecule has 1 aromatic heterocycles. The molecule has 0 saturated carbocycles. The van der Waals surface area contributed by atoms with Crippen LogP contribution < -0.4 is 5.32 Å². The topological polar surface area (TPSA) is 98.4 Å². The Morgan fingerprint density at radius 3 is 1.98 bits per heavy atom. The predicted molar refractivity (Wildman–Crippen MR) is 178 cm³/mol. The minimum absolute atomic E-state index is 0.0324. The second kappa shape index (κ2) is 12.9. The molecular weight excluding hydrogens is 574 g/mol. The normalized spacial score (nSPS) is 17.7. The van der Waals surface area contributed by atoms with Gasteiger partial charge in [0.05, 0.1) is 23.9 Å². The molecule has 0 radical (unpaired) electrons. The highest BCUT2D eigenvalue weighted by Gasteiger charge is 2.33. The van der Waals surface area contributed by atoms with E-state index < -0.39 is 0 Å². The quantitative estimate of drug-likeness (QED) is 0.212. The summed E-state index contributed by atoms with van der Waals surface area (Å²) in [5, 5.41) is 3.02. The molecule has 46 heavy (non-hydrogen) atoms. The number of nitrogens with one attached hydrogen (secondary N) is 2. The lowest BCUT2D eigenvalue weighted by molar-refractivity contribution is -0.119. The molecule has 3 amide bonds. The monoisotopic (exact) mass is 609 g/mol. The van der Waals surface area contributed by atoms with Crippen LogP contribution in [0, 0.1) is 5.92 Å². The number of rotatable bonds is 7. The number of anilines is 1. The lowest BCUT2D eigenvalue weighted by Crippen LogP contribution is -2.31. The van der Waals surface area contributed by atoms with E-state index in [4.69, 9.17) is 0 Å². The Hall–Kier alpha value is -5.50. The number of H-pyrrole nitrogens is 1. The number of amides is 3. The Morgan fingerprint density at radius 2 is 1.30 bits per heavy atom. The fourth-order valence-corrected chi connectivity index (χ4v) is 6.45. The number of aromatic amines is 1. The number of carbonyl (C=O) groups is 3. The summed E-state index contributed by atoms with van der Waals surface area (Å²) in [5.41, 5.74) is 6.10. The fraction of sp³-hybridized carbons (Fsp3) is 0.211. The summed E-state index contributed by atoms with van der Waals surface area (Å²) in [6, 6.07) is 34.6. The van der Waals surface area contributed by atoms with Crippen LogP contribution in [0.1, 0.15) is 51.8 Å². The van der Waals surface area contributed by atoms with Crippen molar-refractivity contribution in [1.82, 2.24) is 19.8 Å². The average molecular weight is 610 g/mol. The van der Waals surface area contributed by atoms with E-state index in [1.807, 2.05) is 83.9 Å². The second-order valence-corrected chi connectivity index (χ2v) is 12.0. The number of imidazole rings is 1. The van der Waals surface area contributed by atoms with E-state index >= 15 is 0 Å². The van der Waals surface area contributed by atoms with E-state index in [0.29, 0.717) is 30.6 Å². The Kier molecular flexibility index (Phi) is 8.16. The van der Waals surface area contributed by atoms with E-state index in [-0.39, 0.29) is 29.7 Å². The molecule has 0 spiro atoms. The molecule has 3 heterocycles. The standard InChI is InChI=1S/C38H35N5O3/c44-36(31-21-23-42(25-31)37(45)29-8-3-1-4-9-29)40-32-19-17-27(18-20-32)26-13-15-28(16-14-26)33-24-39-35(41-33)34-12-7-22-43(34)38(46)30-10-5-2-6-11-30/h1-6,8-11,13-20,24,31,34H,7,12,21-23,25H2,(H,39,41)(H,40,44)/t31-,34+/m1/s1. The first-order valence-electron chi connectivity index (χ1n) is 15.8. The lowest BCUT2D eigenvalue weighted by Gasteiger charge is -2.23. The van der Waals surface area contributed by atoms with Crippen molar-refractivity contribution in [2.24, 2.45) is 5.92 Å². The van der Waals surface area contributed by atoms with Crippen LogP contribution >= 0.6 is 0 Å². The number of benzene rings is 4. The molecular formula is C38H35N5O3. The molecule has 0 unspecified atom stereocenters. The van der Waals surface area contributed by atoms with E-state index in [9.17, 15) is 14.4 Å². The Labute approximate surface area is 268 Å². The maximum Gasteiger partial charge on any atom is 0.254 e. The first-order chi connectivity index (χ1) is 22.5. The molecule has 5 aromatic rings. The van der Waals surface area contributed by atoms with Gasteiger partial charge in [0.25, 0.3) is 11.8 Å². The molecule has 8 nitrogen and oxygen atoms in total. The summed E-state index contributed by atoms with van der Waals surface area (Å²) >= 11 is 0. The number of aromatic nitrogens is 2. The van der Waals surface area contributed by atoms with E-state index in [1.165, 1.54) is 0 Å². The van der Waals surface area contributed by atoms with Crippen molar-refractivity contribution >= 4 is 23.4 Å². The zero-order valence-corrected chi connectivity index (χ0v) is 25.4. The summed E-state index contributed by atoms with van der Waals surface area (Å²) in [6.07, 6.45) is 4.32. The van der Waals surface area contributed by atoms with Crippen LogP contribution in [0.2, 0.25) is 0 Å². The fourth-order valence-electron chi connectivity index (χ4n) is 6.45. The van der Waals surface area contributed by atoms with Gasteiger partial charge in [-0.15, -0.1) is 0 Å². The van der Waals surface area contributed by atoms with Gasteiger partial charge in [-0.3, -0.25) is 14.4 Å². The number of hydrogen-bond donors (Lipinski definition) is 2. The predicted octanol–water partition coefficient (Wildman–Crippen LogP) is 6.82. The summed E-state index contributed by atoms with van der Waals surface area (Å²) in [5.74, 6) is 0.520. The largest absolute Gasteiger partial charge is 0.340 e. The SMILES string of the molecule is O=C(Nc1ccc(-c2ccc(-c3cnc([C@@H]4CCCN4C(=O)c4ccccc4)[nH]3)cc2)cc1)[C@@H]1CCN(C(=O)c2ccccc2)C1. The van der Waals surface area contributed by atoms with E-state index in [2.05, 4.69) is 39.6 Å². The van der Waals surface area contributed by atoms with Crippen LogP contribution in [0.25, 0.3) is 22.4 Å². The zero-order valence-electron chi connectivity index (χ0n) is 25.4. The van der Waals surface area contributed by atoms with Crippen molar-refractivity contribution in [2.45, 2.75) is 25.3 Å². The molecule has 0 bridgehead atoms. The lowest BCUT2D eigenvalue weighted by atomic mass is 10.0. The van der Waals surface area contributed by atoms with Crippen molar-refractivity contribution in [3.63, 3.8) is 0 Å². The Balaban J connectivity index is 0.960. The van der Waals surface area contributed by atoms with Gasteiger partial charge in [-0.25, -0.2) is 4.98 Å². The van der Waals surface area contributed by atoms with Crippen molar-refractivity contribution in [3.8, 4) is 22.4 Å². The van der Waals surface area contributed by atoms with Gasteiger partial charge >= 0.3 is 0 Å². The third-order valence-electron chi connectivity index (χ3n) is 8.99. The summed E-state index contributed by atoms with van der Waals surface area (Å²) in [4.78, 5) is 50.7. The Bertz CT molecular complexity index is 1840. The molecule has 2 atom stereocenters. The van der Waals surface area contributed by atoms with Gasteiger partial charge in [0, 0.05) is 36.4 Å². The van der Waals surface area contributed by atoms with Gasteiger partial charge in [-0.2, -0.15) is 0 Å². The van der Waals surface area contributed by atoms with Gasteiger partial charge < -0.3 is 20.1 Å². The summed E-state index contributed by atoms with van der Waals surface area (Å²) in [6.45, 7) is 1.72. The molecule has 2 N–H and O–H groups in total. The van der Waals surface area contributed by atoms with Crippen LogP contribution in [0.3, 0.4) is 0 Å². The van der Waals surface area contributed by atoms with Crippen LogP contribution in [-0.2, 0) is 4.79 Å². The average Bonchev–Trinajstić information content (AvgIpc) is 3.90. The van der Waals surface area contributed by atoms with Gasteiger partial charge in [0.2, 0.25) is 5.91 Å². The molecule has 7 rings (SSSR count). The maximum absolute atomic E-state index is 13.1. The van der Waals surface area contributed by atoms with Crippen molar-refractivity contribution < 1.29 is 14.4 Å². The van der Waals surface area contributed by atoms with E-state index in [1.54, 1.807) is 17.0 Å². The van der Waals surface area contributed by atoms with Crippen molar-refractivity contribution in [1.29, 1.82) is 0 Å². The first kappa shape index (κ1) is 29.2. The molecule has 0 aliphatic carbocycles.